The molecular formula is C14H26O4. The molecule has 5 atom stereocenters. The van der Waals surface area contributed by atoms with Crippen molar-refractivity contribution in [2.45, 2.75) is 77.2 Å². The highest BCUT2D eigenvalue weighted by Crippen LogP contribution is 2.55. The van der Waals surface area contributed by atoms with E-state index in [0.29, 0.717) is 18.9 Å². The second kappa shape index (κ2) is 4.75. The molecule has 2 bridgehead atoms. The first-order valence-electron chi connectivity index (χ1n) is 6.99. The Bertz CT molecular complexity index is 306. The van der Waals surface area contributed by atoms with Gasteiger partial charge in [-0.05, 0) is 26.7 Å². The highest BCUT2D eigenvalue weighted by molar-refractivity contribution is 5.14. The molecule has 2 heterocycles. The summed E-state index contributed by atoms with van der Waals surface area (Å²) >= 11 is 0. The Morgan fingerprint density at radius 1 is 1.33 bits per heavy atom. The summed E-state index contributed by atoms with van der Waals surface area (Å²) in [5, 5.41) is 10.1. The minimum atomic E-state index is -0.457. The SMILES string of the molecule is CCOC(C)O[C@H]1C[C@]2(C)O[C@@]1(C(C)C)C[C@H]2O. The molecule has 0 spiro atoms. The van der Waals surface area contributed by atoms with Crippen LogP contribution >= 0.6 is 0 Å². The first-order valence-corrected chi connectivity index (χ1v) is 6.99. The third-order valence-corrected chi connectivity index (χ3v) is 4.51. The molecule has 0 aromatic heterocycles. The lowest BCUT2D eigenvalue weighted by Crippen LogP contribution is -2.49. The van der Waals surface area contributed by atoms with E-state index in [-0.39, 0.29) is 24.1 Å². The molecule has 4 heteroatoms. The van der Waals surface area contributed by atoms with Gasteiger partial charge in [0.2, 0.25) is 0 Å². The van der Waals surface area contributed by atoms with Crippen molar-refractivity contribution in [2.24, 2.45) is 5.92 Å². The highest BCUT2D eigenvalue weighted by Gasteiger charge is 2.65. The van der Waals surface area contributed by atoms with Gasteiger partial charge in [-0.15, -0.1) is 0 Å². The predicted octanol–water partition coefficient (Wildman–Crippen LogP) is 2.09. The Morgan fingerprint density at radius 2 is 2.00 bits per heavy atom. The summed E-state index contributed by atoms with van der Waals surface area (Å²) in [4.78, 5) is 0. The lowest BCUT2D eigenvalue weighted by molar-refractivity contribution is -0.198. The van der Waals surface area contributed by atoms with Crippen molar-refractivity contribution in [3.63, 3.8) is 0 Å². The summed E-state index contributed by atoms with van der Waals surface area (Å²) in [6.07, 6.45) is 0.794. The lowest BCUT2D eigenvalue weighted by Gasteiger charge is -2.38. The van der Waals surface area contributed by atoms with Crippen LogP contribution in [0.4, 0.5) is 0 Å². The van der Waals surface area contributed by atoms with Crippen molar-refractivity contribution in [2.75, 3.05) is 6.61 Å². The molecule has 0 aliphatic carbocycles. The van der Waals surface area contributed by atoms with Crippen LogP contribution in [0.5, 0.6) is 0 Å². The molecule has 4 nitrogen and oxygen atoms in total. The van der Waals surface area contributed by atoms with Crippen LogP contribution in [-0.4, -0.2) is 41.4 Å². The number of aliphatic hydroxyl groups excluding tert-OH is 1. The Hall–Kier alpha value is -0.160. The van der Waals surface area contributed by atoms with E-state index in [1.54, 1.807) is 0 Å². The van der Waals surface area contributed by atoms with Crippen LogP contribution in [0.15, 0.2) is 0 Å². The molecule has 2 fully saturated rings. The smallest absolute Gasteiger partial charge is 0.155 e. The van der Waals surface area contributed by atoms with Gasteiger partial charge in [0, 0.05) is 19.4 Å². The summed E-state index contributed by atoms with van der Waals surface area (Å²) < 4.78 is 17.6. The number of fused-ring (bicyclic) bond motifs is 2. The maximum absolute atomic E-state index is 10.1. The van der Waals surface area contributed by atoms with Gasteiger partial charge in [-0.25, -0.2) is 0 Å². The van der Waals surface area contributed by atoms with Crippen LogP contribution in [-0.2, 0) is 14.2 Å². The number of hydrogen-bond donors (Lipinski definition) is 1. The van der Waals surface area contributed by atoms with Crippen molar-refractivity contribution in [3.8, 4) is 0 Å². The second-order valence-electron chi connectivity index (χ2n) is 6.10. The quantitative estimate of drug-likeness (QED) is 0.767. The molecule has 0 saturated carbocycles. The topological polar surface area (TPSA) is 47.9 Å². The third-order valence-electron chi connectivity index (χ3n) is 4.51. The van der Waals surface area contributed by atoms with Crippen molar-refractivity contribution in [1.29, 1.82) is 0 Å². The largest absolute Gasteiger partial charge is 0.390 e. The van der Waals surface area contributed by atoms with Gasteiger partial charge >= 0.3 is 0 Å². The van der Waals surface area contributed by atoms with E-state index in [1.807, 2.05) is 20.8 Å². The standard InChI is InChI=1S/C14H26O4/c1-6-16-10(4)17-12-8-13(5)11(15)7-14(12,18-13)9(2)3/h9-12,15H,6-8H2,1-5H3/t10?,11-,12+,13+,14-/m1/s1. The Balaban J connectivity index is 2.13. The molecular weight excluding hydrogens is 232 g/mol. The molecule has 106 valence electrons. The van der Waals surface area contributed by atoms with Gasteiger partial charge < -0.3 is 19.3 Å². The Labute approximate surface area is 110 Å². The first-order chi connectivity index (χ1) is 8.34. The number of rotatable bonds is 5. The van der Waals surface area contributed by atoms with Crippen LogP contribution in [0.1, 0.15) is 47.5 Å². The van der Waals surface area contributed by atoms with Crippen molar-refractivity contribution >= 4 is 0 Å². The first kappa shape index (κ1) is 14.3. The lowest BCUT2D eigenvalue weighted by atomic mass is 9.73. The minimum Gasteiger partial charge on any atom is -0.390 e. The van der Waals surface area contributed by atoms with Gasteiger partial charge in [0.25, 0.3) is 0 Å². The van der Waals surface area contributed by atoms with E-state index in [0.717, 1.165) is 6.42 Å². The molecule has 2 aliphatic heterocycles. The third kappa shape index (κ3) is 2.09. The van der Waals surface area contributed by atoms with Gasteiger partial charge in [-0.3, -0.25) is 0 Å². The van der Waals surface area contributed by atoms with E-state index < -0.39 is 5.60 Å². The van der Waals surface area contributed by atoms with Crippen molar-refractivity contribution in [3.05, 3.63) is 0 Å². The molecule has 1 unspecified atom stereocenters. The van der Waals surface area contributed by atoms with E-state index in [2.05, 4.69) is 13.8 Å². The van der Waals surface area contributed by atoms with Gasteiger partial charge in [0.05, 0.1) is 17.8 Å². The van der Waals surface area contributed by atoms with Crippen LogP contribution in [0.25, 0.3) is 0 Å². The molecule has 0 aromatic rings. The average Bonchev–Trinajstić information content (AvgIpc) is 2.67. The summed E-state index contributed by atoms with van der Waals surface area (Å²) in [6.45, 7) is 10.8. The Kier molecular flexibility index (Phi) is 3.76. The van der Waals surface area contributed by atoms with Crippen LogP contribution in [0.2, 0.25) is 0 Å². The van der Waals surface area contributed by atoms with E-state index in [4.69, 9.17) is 14.2 Å². The van der Waals surface area contributed by atoms with E-state index >= 15 is 0 Å². The van der Waals surface area contributed by atoms with E-state index in [9.17, 15) is 5.11 Å². The fourth-order valence-electron chi connectivity index (χ4n) is 3.37. The van der Waals surface area contributed by atoms with Gasteiger partial charge in [-0.2, -0.15) is 0 Å². The van der Waals surface area contributed by atoms with Crippen LogP contribution < -0.4 is 0 Å². The molecule has 18 heavy (non-hydrogen) atoms. The van der Waals surface area contributed by atoms with E-state index in [1.165, 1.54) is 0 Å². The van der Waals surface area contributed by atoms with Gasteiger partial charge in [0.1, 0.15) is 5.60 Å². The monoisotopic (exact) mass is 258 g/mol. The van der Waals surface area contributed by atoms with Gasteiger partial charge in [0.15, 0.2) is 6.29 Å². The average molecular weight is 258 g/mol. The maximum atomic E-state index is 10.1. The summed E-state index contributed by atoms with van der Waals surface area (Å²) in [5.41, 5.74) is -0.819. The number of aliphatic hydroxyl groups is 1. The van der Waals surface area contributed by atoms with Crippen LogP contribution in [0.3, 0.4) is 0 Å². The van der Waals surface area contributed by atoms with Crippen molar-refractivity contribution < 1.29 is 19.3 Å². The zero-order chi connectivity index (χ0) is 13.6. The van der Waals surface area contributed by atoms with Crippen LogP contribution in [0, 0.1) is 5.92 Å². The molecule has 2 saturated heterocycles. The molecule has 0 aromatic carbocycles. The Morgan fingerprint density at radius 3 is 2.50 bits per heavy atom. The van der Waals surface area contributed by atoms with Gasteiger partial charge in [-0.1, -0.05) is 13.8 Å². The predicted molar refractivity (Wildman–Crippen MR) is 68.3 cm³/mol. The number of ether oxygens (including phenoxy) is 3. The highest BCUT2D eigenvalue weighted by atomic mass is 16.7. The summed E-state index contributed by atoms with van der Waals surface area (Å²) in [7, 11) is 0. The summed E-state index contributed by atoms with van der Waals surface area (Å²) in [5.74, 6) is 0.315. The maximum Gasteiger partial charge on any atom is 0.155 e. The van der Waals surface area contributed by atoms with Crippen molar-refractivity contribution in [1.82, 2.24) is 0 Å². The molecule has 0 radical (unpaired) electrons. The molecule has 0 amide bonds. The zero-order valence-electron chi connectivity index (χ0n) is 12.1. The fraction of sp³-hybridized carbons (Fsp3) is 1.00. The normalized spacial score (nSPS) is 44.8. The minimum absolute atomic E-state index is 0.00690. The summed E-state index contributed by atoms with van der Waals surface area (Å²) in [6, 6.07) is 0. The molecule has 2 aliphatic rings. The molecule has 2 rings (SSSR count). The second-order valence-corrected chi connectivity index (χ2v) is 6.10. The number of hydrogen-bond acceptors (Lipinski definition) is 4. The zero-order valence-corrected chi connectivity index (χ0v) is 12.1. The molecule has 1 N–H and O–H groups in total. The fourth-order valence-corrected chi connectivity index (χ4v) is 3.37.